The van der Waals surface area contributed by atoms with Gasteiger partial charge in [-0.15, -0.1) is 0 Å². The topological polar surface area (TPSA) is 61.4 Å². The Balaban J connectivity index is 1.59. The Morgan fingerprint density at radius 2 is 2.19 bits per heavy atom. The van der Waals surface area contributed by atoms with Crippen molar-refractivity contribution in [2.45, 2.75) is 64.2 Å². The van der Waals surface area contributed by atoms with Crippen LogP contribution in [0.4, 0.5) is 0 Å². The highest BCUT2D eigenvalue weighted by Crippen LogP contribution is 2.35. The molecule has 118 valence electrons. The lowest BCUT2D eigenvalue weighted by atomic mass is 9.82. The number of imidazole rings is 1. The van der Waals surface area contributed by atoms with Crippen LogP contribution in [-0.4, -0.2) is 51.4 Å². The minimum atomic E-state index is -0.285. The Morgan fingerprint density at radius 3 is 2.81 bits per heavy atom. The summed E-state index contributed by atoms with van der Waals surface area (Å²) >= 11 is 0. The molecule has 0 amide bonds. The second-order valence-corrected chi connectivity index (χ2v) is 6.46. The maximum absolute atomic E-state index is 10.3. The van der Waals surface area contributed by atoms with Gasteiger partial charge < -0.3 is 14.8 Å². The van der Waals surface area contributed by atoms with E-state index in [-0.39, 0.29) is 11.7 Å². The van der Waals surface area contributed by atoms with Gasteiger partial charge in [-0.1, -0.05) is 6.92 Å². The zero-order valence-corrected chi connectivity index (χ0v) is 13.2. The largest absolute Gasteiger partial charge is 0.390 e. The van der Waals surface area contributed by atoms with Crippen molar-refractivity contribution in [3.8, 4) is 0 Å². The minimum absolute atomic E-state index is 0.274. The van der Waals surface area contributed by atoms with Crippen LogP contribution in [0, 0.1) is 6.92 Å². The molecule has 5 heteroatoms. The summed E-state index contributed by atoms with van der Waals surface area (Å²) in [5, 5.41) is 10.3. The summed E-state index contributed by atoms with van der Waals surface area (Å²) in [5.74, 6) is 1.07. The van der Waals surface area contributed by atoms with Crippen LogP contribution in [0.15, 0.2) is 0 Å². The number of aliphatic hydroxyl groups is 1. The molecule has 2 fully saturated rings. The summed E-state index contributed by atoms with van der Waals surface area (Å²) in [7, 11) is 0. The van der Waals surface area contributed by atoms with Gasteiger partial charge in [0, 0.05) is 38.4 Å². The standard InChI is InChI=1S/C16H27N3O2/c1-3-15-17-12(2)13(18-15)11-19-8-6-16(7-9-19)14(20)5-4-10-21-16/h14,20H,3-11H2,1-2H3,(H,17,18)/t14-/m1/s1. The van der Waals surface area contributed by atoms with Gasteiger partial charge in [-0.3, -0.25) is 4.90 Å². The zero-order valence-electron chi connectivity index (χ0n) is 13.2. The molecule has 2 saturated heterocycles. The van der Waals surface area contributed by atoms with E-state index in [1.54, 1.807) is 0 Å². The number of piperidine rings is 1. The van der Waals surface area contributed by atoms with Crippen LogP contribution in [0.3, 0.4) is 0 Å². The first-order valence-electron chi connectivity index (χ1n) is 8.22. The number of ether oxygens (including phenoxy) is 1. The molecule has 0 radical (unpaired) electrons. The van der Waals surface area contributed by atoms with Gasteiger partial charge in [-0.05, 0) is 32.6 Å². The van der Waals surface area contributed by atoms with E-state index in [4.69, 9.17) is 4.74 Å². The third kappa shape index (κ3) is 3.00. The van der Waals surface area contributed by atoms with Gasteiger partial charge in [0.2, 0.25) is 0 Å². The van der Waals surface area contributed by atoms with E-state index in [2.05, 4.69) is 28.7 Å². The highest BCUT2D eigenvalue weighted by atomic mass is 16.5. The number of H-pyrrole nitrogens is 1. The monoisotopic (exact) mass is 293 g/mol. The lowest BCUT2D eigenvalue weighted by molar-refractivity contribution is -0.177. The third-order valence-corrected chi connectivity index (χ3v) is 5.06. The molecule has 3 rings (SSSR count). The van der Waals surface area contributed by atoms with E-state index in [1.807, 2.05) is 0 Å². The SMILES string of the molecule is CCc1nc(CN2CCC3(CC2)OCCC[C@H]3O)c(C)[nH]1. The van der Waals surface area contributed by atoms with E-state index >= 15 is 0 Å². The van der Waals surface area contributed by atoms with Crippen molar-refractivity contribution in [3.05, 3.63) is 17.2 Å². The van der Waals surface area contributed by atoms with E-state index in [1.165, 1.54) is 5.69 Å². The van der Waals surface area contributed by atoms with Crippen LogP contribution >= 0.6 is 0 Å². The van der Waals surface area contributed by atoms with E-state index in [9.17, 15) is 5.11 Å². The molecule has 0 saturated carbocycles. The van der Waals surface area contributed by atoms with Crippen molar-refractivity contribution < 1.29 is 9.84 Å². The van der Waals surface area contributed by atoms with Crippen LogP contribution in [0.5, 0.6) is 0 Å². The molecule has 3 heterocycles. The summed E-state index contributed by atoms with van der Waals surface area (Å²) < 4.78 is 5.96. The Kier molecular flexibility index (Phi) is 4.33. The zero-order chi connectivity index (χ0) is 14.9. The Bertz CT molecular complexity index is 478. The van der Waals surface area contributed by atoms with Crippen LogP contribution in [0.2, 0.25) is 0 Å². The quantitative estimate of drug-likeness (QED) is 0.892. The number of rotatable bonds is 3. The number of hydrogen-bond acceptors (Lipinski definition) is 4. The smallest absolute Gasteiger partial charge is 0.106 e. The third-order valence-electron chi connectivity index (χ3n) is 5.06. The first kappa shape index (κ1) is 15.0. The second kappa shape index (κ2) is 6.07. The molecule has 2 aliphatic heterocycles. The molecule has 1 atom stereocenters. The lowest BCUT2D eigenvalue weighted by Crippen LogP contribution is -2.55. The number of aromatic nitrogens is 2. The van der Waals surface area contributed by atoms with E-state index in [0.717, 1.165) is 69.9 Å². The molecule has 0 aliphatic carbocycles. The lowest BCUT2D eigenvalue weighted by Gasteiger charge is -2.46. The van der Waals surface area contributed by atoms with Crippen molar-refractivity contribution in [2.24, 2.45) is 0 Å². The fourth-order valence-electron chi connectivity index (χ4n) is 3.58. The number of aryl methyl sites for hydroxylation is 2. The van der Waals surface area contributed by atoms with Gasteiger partial charge in [0.15, 0.2) is 0 Å². The maximum atomic E-state index is 10.3. The first-order chi connectivity index (χ1) is 10.1. The van der Waals surface area contributed by atoms with E-state index in [0.29, 0.717) is 0 Å². The van der Waals surface area contributed by atoms with Crippen molar-refractivity contribution in [3.63, 3.8) is 0 Å². The number of aliphatic hydroxyl groups excluding tert-OH is 1. The summed E-state index contributed by atoms with van der Waals surface area (Å²) in [5.41, 5.74) is 2.07. The summed E-state index contributed by atoms with van der Waals surface area (Å²) in [6.45, 7) is 7.87. The molecule has 0 aromatic carbocycles. The number of hydrogen-bond donors (Lipinski definition) is 2. The average Bonchev–Trinajstić information content (AvgIpc) is 2.85. The number of nitrogens with one attached hydrogen (secondary N) is 1. The number of nitrogens with zero attached hydrogens (tertiary/aromatic N) is 2. The molecule has 2 N–H and O–H groups in total. The van der Waals surface area contributed by atoms with Crippen molar-refractivity contribution in [2.75, 3.05) is 19.7 Å². The summed E-state index contributed by atoms with van der Waals surface area (Å²) in [4.78, 5) is 10.4. The fourth-order valence-corrected chi connectivity index (χ4v) is 3.58. The van der Waals surface area contributed by atoms with Crippen molar-refractivity contribution >= 4 is 0 Å². The van der Waals surface area contributed by atoms with Gasteiger partial charge >= 0.3 is 0 Å². The highest BCUT2D eigenvalue weighted by molar-refractivity contribution is 5.13. The Hall–Kier alpha value is -0.910. The van der Waals surface area contributed by atoms with Gasteiger partial charge in [0.1, 0.15) is 5.82 Å². The predicted molar refractivity (Wildman–Crippen MR) is 81.1 cm³/mol. The predicted octanol–water partition coefficient (Wildman–Crippen LogP) is 1.79. The van der Waals surface area contributed by atoms with E-state index < -0.39 is 0 Å². The number of aromatic amines is 1. The molecular formula is C16H27N3O2. The highest BCUT2D eigenvalue weighted by Gasteiger charge is 2.43. The molecule has 1 aromatic rings. The molecule has 1 aromatic heterocycles. The molecular weight excluding hydrogens is 266 g/mol. The molecule has 2 aliphatic rings. The van der Waals surface area contributed by atoms with Crippen molar-refractivity contribution in [1.29, 1.82) is 0 Å². The fraction of sp³-hybridized carbons (Fsp3) is 0.812. The molecule has 21 heavy (non-hydrogen) atoms. The first-order valence-corrected chi connectivity index (χ1v) is 8.22. The normalized spacial score (nSPS) is 26.3. The van der Waals surface area contributed by atoms with Crippen LogP contribution < -0.4 is 0 Å². The van der Waals surface area contributed by atoms with Crippen molar-refractivity contribution in [1.82, 2.24) is 14.9 Å². The average molecular weight is 293 g/mol. The van der Waals surface area contributed by atoms with Crippen LogP contribution in [0.1, 0.15) is 49.8 Å². The summed E-state index contributed by atoms with van der Waals surface area (Å²) in [6.07, 6.45) is 4.39. The van der Waals surface area contributed by atoms with Gasteiger partial charge in [-0.25, -0.2) is 4.98 Å². The molecule has 0 unspecified atom stereocenters. The Labute approximate surface area is 126 Å². The Morgan fingerprint density at radius 1 is 1.43 bits per heavy atom. The second-order valence-electron chi connectivity index (χ2n) is 6.46. The molecule has 5 nitrogen and oxygen atoms in total. The van der Waals surface area contributed by atoms with Gasteiger partial charge in [0.25, 0.3) is 0 Å². The van der Waals surface area contributed by atoms with Gasteiger partial charge in [-0.2, -0.15) is 0 Å². The minimum Gasteiger partial charge on any atom is -0.390 e. The summed E-state index contributed by atoms with van der Waals surface area (Å²) in [6, 6.07) is 0. The maximum Gasteiger partial charge on any atom is 0.106 e. The van der Waals surface area contributed by atoms with Crippen LogP contribution in [-0.2, 0) is 17.7 Å². The number of likely N-dealkylation sites (tertiary alicyclic amines) is 1. The molecule has 1 spiro atoms. The van der Waals surface area contributed by atoms with Gasteiger partial charge in [0.05, 0.1) is 17.4 Å². The van der Waals surface area contributed by atoms with Crippen LogP contribution in [0.25, 0.3) is 0 Å². The molecule has 0 bridgehead atoms.